The number of nitrogens with zero attached hydrogens (tertiary/aromatic N) is 1. The number of amides is 2. The van der Waals surface area contributed by atoms with Gasteiger partial charge in [0.25, 0.3) is 11.1 Å². The Kier molecular flexibility index (Phi) is 7.04. The van der Waals surface area contributed by atoms with Crippen molar-refractivity contribution < 1.29 is 28.3 Å². The first kappa shape index (κ1) is 22.2. The number of hydrogen-bond donors (Lipinski definition) is 0. The van der Waals surface area contributed by atoms with E-state index >= 15 is 0 Å². The number of thioether (sulfide) groups is 1. The fourth-order valence-electron chi connectivity index (χ4n) is 2.62. The van der Waals surface area contributed by atoms with Crippen LogP contribution < -0.4 is 4.74 Å². The van der Waals surface area contributed by atoms with Gasteiger partial charge in [-0.05, 0) is 76.9 Å². The summed E-state index contributed by atoms with van der Waals surface area (Å²) in [6, 6.07) is 8.46. The summed E-state index contributed by atoms with van der Waals surface area (Å²) < 4.78 is 16.5. The Morgan fingerprint density at radius 3 is 2.73 bits per heavy atom. The maximum atomic E-state index is 12.7. The third kappa shape index (κ3) is 4.96. The standard InChI is InChI=1S/C21H20BrNO6S/c1-4-12(2)28-16-7-5-13(9-15(16)22)10-18-19(24)23(21(26)30-18)11-14-6-8-17(29-14)20(25)27-3/h5-10,12H,4,11H2,1-3H3/b18-10+/t12-/m1/s1. The van der Waals surface area contributed by atoms with Crippen LogP contribution in [-0.4, -0.2) is 35.2 Å². The normalized spacial score (nSPS) is 16.3. The second-order valence-electron chi connectivity index (χ2n) is 6.55. The number of esters is 1. The van der Waals surface area contributed by atoms with Gasteiger partial charge in [0.15, 0.2) is 0 Å². The van der Waals surface area contributed by atoms with Crippen LogP contribution in [0.2, 0.25) is 0 Å². The molecular weight excluding hydrogens is 474 g/mol. The fraction of sp³-hybridized carbons (Fsp3) is 0.286. The highest BCUT2D eigenvalue weighted by Crippen LogP contribution is 2.35. The number of benzene rings is 1. The first-order valence-corrected chi connectivity index (χ1v) is 10.8. The van der Waals surface area contributed by atoms with Crippen LogP contribution >= 0.6 is 27.7 Å². The first-order valence-electron chi connectivity index (χ1n) is 9.21. The topological polar surface area (TPSA) is 86.1 Å². The molecule has 0 spiro atoms. The Balaban J connectivity index is 1.74. The summed E-state index contributed by atoms with van der Waals surface area (Å²) in [7, 11) is 1.24. The van der Waals surface area contributed by atoms with E-state index in [-0.39, 0.29) is 18.4 Å². The van der Waals surface area contributed by atoms with Gasteiger partial charge in [0.1, 0.15) is 11.5 Å². The predicted molar refractivity (Wildman–Crippen MR) is 116 cm³/mol. The van der Waals surface area contributed by atoms with Crippen molar-refractivity contribution in [2.75, 3.05) is 7.11 Å². The molecule has 158 valence electrons. The van der Waals surface area contributed by atoms with Crippen LogP contribution in [0.3, 0.4) is 0 Å². The number of rotatable bonds is 7. The summed E-state index contributed by atoms with van der Waals surface area (Å²) in [4.78, 5) is 37.9. The molecule has 0 radical (unpaired) electrons. The minimum absolute atomic E-state index is 0.0135. The number of carbonyl (C=O) groups excluding carboxylic acids is 3. The van der Waals surface area contributed by atoms with E-state index in [1.165, 1.54) is 19.2 Å². The number of hydrogen-bond acceptors (Lipinski definition) is 7. The number of ether oxygens (including phenoxy) is 2. The lowest BCUT2D eigenvalue weighted by Crippen LogP contribution is -2.27. The van der Waals surface area contributed by atoms with Gasteiger partial charge in [-0.15, -0.1) is 0 Å². The lowest BCUT2D eigenvalue weighted by atomic mass is 10.2. The second kappa shape index (κ2) is 9.53. The van der Waals surface area contributed by atoms with E-state index in [1.54, 1.807) is 6.08 Å². The molecule has 0 N–H and O–H groups in total. The van der Waals surface area contributed by atoms with Gasteiger partial charge in [0.2, 0.25) is 5.76 Å². The number of furan rings is 1. The molecule has 2 heterocycles. The monoisotopic (exact) mass is 493 g/mol. The number of carbonyl (C=O) groups is 3. The van der Waals surface area contributed by atoms with Gasteiger partial charge in [-0.25, -0.2) is 4.79 Å². The van der Waals surface area contributed by atoms with Crippen molar-refractivity contribution in [1.82, 2.24) is 4.90 Å². The zero-order valence-corrected chi connectivity index (χ0v) is 19.0. The SMILES string of the molecule is CC[C@@H](C)Oc1ccc(/C=C2/SC(=O)N(Cc3ccc(C(=O)OC)o3)C2=O)cc1Br. The third-order valence-electron chi connectivity index (χ3n) is 4.39. The maximum absolute atomic E-state index is 12.7. The van der Waals surface area contributed by atoms with Crippen LogP contribution in [0.1, 0.15) is 42.1 Å². The molecule has 2 amide bonds. The van der Waals surface area contributed by atoms with Crippen molar-refractivity contribution in [1.29, 1.82) is 0 Å². The Bertz CT molecular complexity index is 1010. The molecule has 1 aromatic carbocycles. The van der Waals surface area contributed by atoms with Crippen LogP contribution in [-0.2, 0) is 16.1 Å². The largest absolute Gasteiger partial charge is 0.490 e. The highest BCUT2D eigenvalue weighted by molar-refractivity contribution is 9.10. The molecule has 0 aliphatic carbocycles. The summed E-state index contributed by atoms with van der Waals surface area (Å²) in [5.41, 5.74) is 0.759. The van der Waals surface area contributed by atoms with E-state index < -0.39 is 17.1 Å². The van der Waals surface area contributed by atoms with Gasteiger partial charge >= 0.3 is 5.97 Å². The van der Waals surface area contributed by atoms with Gasteiger partial charge in [0, 0.05) is 0 Å². The molecule has 1 aliphatic rings. The predicted octanol–water partition coefficient (Wildman–Crippen LogP) is 5.24. The van der Waals surface area contributed by atoms with Gasteiger partial charge < -0.3 is 13.9 Å². The molecule has 1 saturated heterocycles. The third-order valence-corrected chi connectivity index (χ3v) is 5.92. The average Bonchev–Trinajstić information content (AvgIpc) is 3.30. The highest BCUT2D eigenvalue weighted by atomic mass is 79.9. The van der Waals surface area contributed by atoms with Crippen molar-refractivity contribution in [3.05, 3.63) is 56.8 Å². The van der Waals surface area contributed by atoms with Crippen LogP contribution in [0, 0.1) is 0 Å². The van der Waals surface area contributed by atoms with E-state index in [0.29, 0.717) is 16.4 Å². The molecule has 1 fully saturated rings. The molecule has 1 atom stereocenters. The summed E-state index contributed by atoms with van der Waals surface area (Å²) in [5.74, 6) is 0.000304. The molecule has 0 bridgehead atoms. The Morgan fingerprint density at radius 2 is 2.07 bits per heavy atom. The van der Waals surface area contributed by atoms with E-state index in [0.717, 1.165) is 33.1 Å². The average molecular weight is 494 g/mol. The minimum Gasteiger partial charge on any atom is -0.490 e. The summed E-state index contributed by atoms with van der Waals surface area (Å²) >= 11 is 4.34. The van der Waals surface area contributed by atoms with Gasteiger partial charge in [-0.2, -0.15) is 0 Å². The molecule has 0 unspecified atom stereocenters. The Morgan fingerprint density at radius 1 is 1.30 bits per heavy atom. The summed E-state index contributed by atoms with van der Waals surface area (Å²) in [6.45, 7) is 3.97. The fourth-order valence-corrected chi connectivity index (χ4v) is 3.95. The van der Waals surface area contributed by atoms with Crippen LogP contribution in [0.4, 0.5) is 4.79 Å². The summed E-state index contributed by atoms with van der Waals surface area (Å²) in [5, 5.41) is -0.405. The Hall–Kier alpha value is -2.52. The maximum Gasteiger partial charge on any atom is 0.373 e. The quantitative estimate of drug-likeness (QED) is 0.384. The molecule has 7 nitrogen and oxygen atoms in total. The molecular formula is C21H20BrNO6S. The lowest BCUT2D eigenvalue weighted by Gasteiger charge is -2.14. The molecule has 9 heteroatoms. The van der Waals surface area contributed by atoms with Crippen molar-refractivity contribution in [2.45, 2.75) is 32.9 Å². The van der Waals surface area contributed by atoms with Crippen molar-refractivity contribution in [2.24, 2.45) is 0 Å². The highest BCUT2D eigenvalue weighted by Gasteiger charge is 2.35. The van der Waals surface area contributed by atoms with Gasteiger partial charge in [-0.1, -0.05) is 13.0 Å². The minimum atomic E-state index is -0.624. The van der Waals surface area contributed by atoms with Crippen molar-refractivity contribution in [3.8, 4) is 5.75 Å². The molecule has 30 heavy (non-hydrogen) atoms. The zero-order valence-electron chi connectivity index (χ0n) is 16.6. The Labute approximate surface area is 186 Å². The van der Waals surface area contributed by atoms with Gasteiger partial charge in [-0.3, -0.25) is 14.5 Å². The number of imide groups is 1. The van der Waals surface area contributed by atoms with E-state index in [9.17, 15) is 14.4 Å². The van der Waals surface area contributed by atoms with Crippen LogP contribution in [0.25, 0.3) is 6.08 Å². The molecule has 0 saturated carbocycles. The molecule has 2 aromatic rings. The molecule has 1 aromatic heterocycles. The number of halogens is 1. The summed E-state index contributed by atoms with van der Waals surface area (Å²) in [6.07, 6.45) is 2.63. The van der Waals surface area contributed by atoms with Crippen molar-refractivity contribution >= 4 is 50.9 Å². The second-order valence-corrected chi connectivity index (χ2v) is 8.40. The first-order chi connectivity index (χ1) is 14.3. The van der Waals surface area contributed by atoms with Crippen LogP contribution in [0.15, 0.2) is 44.1 Å². The van der Waals surface area contributed by atoms with Crippen LogP contribution in [0.5, 0.6) is 5.75 Å². The van der Waals surface area contributed by atoms with Gasteiger partial charge in [0.05, 0.1) is 29.1 Å². The number of methoxy groups -OCH3 is 1. The van der Waals surface area contributed by atoms with Crippen molar-refractivity contribution in [3.63, 3.8) is 0 Å². The lowest BCUT2D eigenvalue weighted by molar-refractivity contribution is -0.123. The zero-order chi connectivity index (χ0) is 21.8. The van der Waals surface area contributed by atoms with E-state index in [4.69, 9.17) is 9.15 Å². The van der Waals surface area contributed by atoms with E-state index in [2.05, 4.69) is 20.7 Å². The van der Waals surface area contributed by atoms with E-state index in [1.807, 2.05) is 32.0 Å². The molecule has 1 aliphatic heterocycles. The smallest absolute Gasteiger partial charge is 0.373 e. The molecule has 3 rings (SSSR count).